The normalized spacial score (nSPS) is 10.8. The van der Waals surface area contributed by atoms with Crippen molar-refractivity contribution < 1.29 is 0 Å². The molecule has 0 fully saturated rings. The number of nitrogens with zero attached hydrogens (tertiary/aromatic N) is 5. The zero-order chi connectivity index (χ0) is 14.8. The van der Waals surface area contributed by atoms with Crippen LogP contribution in [-0.4, -0.2) is 24.7 Å². The van der Waals surface area contributed by atoms with Crippen molar-refractivity contribution in [2.24, 2.45) is 0 Å². The third kappa shape index (κ3) is 2.67. The van der Waals surface area contributed by atoms with E-state index in [4.69, 9.17) is 0 Å². The number of rotatable bonds is 3. The lowest BCUT2D eigenvalue weighted by Gasteiger charge is -2.06. The molecule has 5 heteroatoms. The van der Waals surface area contributed by atoms with Crippen LogP contribution in [0.4, 0.5) is 0 Å². The summed E-state index contributed by atoms with van der Waals surface area (Å²) in [5.41, 5.74) is 3.05. The molecule has 1 aromatic carbocycles. The van der Waals surface area contributed by atoms with E-state index in [1.807, 2.05) is 43.1 Å². The van der Waals surface area contributed by atoms with E-state index >= 15 is 0 Å². The minimum Gasteiger partial charge on any atom is -0.241 e. The molecule has 0 saturated heterocycles. The van der Waals surface area contributed by atoms with Crippen LogP contribution in [0.15, 0.2) is 36.7 Å². The second-order valence-electron chi connectivity index (χ2n) is 4.97. The van der Waals surface area contributed by atoms with Crippen LogP contribution in [0.2, 0.25) is 0 Å². The summed E-state index contributed by atoms with van der Waals surface area (Å²) in [5, 5.41) is 4.49. The lowest BCUT2D eigenvalue weighted by atomic mass is 10.2. The predicted molar refractivity (Wildman–Crippen MR) is 81.2 cm³/mol. The fraction of sp³-hybridized carbons (Fsp3) is 0.250. The molecular weight excluding hydrogens is 262 g/mol. The zero-order valence-corrected chi connectivity index (χ0v) is 12.4. The first-order valence-corrected chi connectivity index (χ1v) is 6.99. The second-order valence-corrected chi connectivity index (χ2v) is 4.97. The van der Waals surface area contributed by atoms with Crippen LogP contribution in [0.1, 0.15) is 24.1 Å². The van der Waals surface area contributed by atoms with Crippen LogP contribution < -0.4 is 0 Å². The highest BCUT2D eigenvalue weighted by atomic mass is 15.3. The van der Waals surface area contributed by atoms with Gasteiger partial charge in [0.2, 0.25) is 0 Å². The molecular formula is C16H17N5. The summed E-state index contributed by atoms with van der Waals surface area (Å²) in [6, 6.07) is 8.18. The minimum absolute atomic E-state index is 0.728. The lowest BCUT2D eigenvalue weighted by molar-refractivity contribution is 0.864. The Morgan fingerprint density at radius 2 is 1.86 bits per heavy atom. The standard InChI is InChI=1S/C16H17N5/c1-4-15-17-9-13(10-18-15)16-19-12(3)20-21(16)14-7-5-6-11(2)8-14/h5-10H,4H2,1-3H3. The molecule has 21 heavy (non-hydrogen) atoms. The first-order chi connectivity index (χ1) is 10.2. The lowest BCUT2D eigenvalue weighted by Crippen LogP contribution is -2.01. The van der Waals surface area contributed by atoms with Gasteiger partial charge in [-0.3, -0.25) is 0 Å². The number of hydrogen-bond donors (Lipinski definition) is 0. The minimum atomic E-state index is 0.728. The van der Waals surface area contributed by atoms with E-state index in [2.05, 4.69) is 39.1 Å². The van der Waals surface area contributed by atoms with Gasteiger partial charge in [0.05, 0.1) is 11.3 Å². The van der Waals surface area contributed by atoms with Gasteiger partial charge >= 0.3 is 0 Å². The number of hydrogen-bond acceptors (Lipinski definition) is 4. The third-order valence-electron chi connectivity index (χ3n) is 3.24. The van der Waals surface area contributed by atoms with Crippen LogP contribution in [-0.2, 0) is 6.42 Å². The van der Waals surface area contributed by atoms with Crippen molar-refractivity contribution in [3.8, 4) is 17.1 Å². The Bertz CT molecular complexity index is 759. The molecule has 3 rings (SSSR count). The molecule has 0 radical (unpaired) electrons. The van der Waals surface area contributed by atoms with Crippen LogP contribution in [0.3, 0.4) is 0 Å². The van der Waals surface area contributed by atoms with Crippen molar-refractivity contribution in [1.29, 1.82) is 0 Å². The van der Waals surface area contributed by atoms with Gasteiger partial charge in [-0.1, -0.05) is 19.1 Å². The Hall–Kier alpha value is -2.56. The summed E-state index contributed by atoms with van der Waals surface area (Å²) in [6.45, 7) is 5.98. The zero-order valence-electron chi connectivity index (χ0n) is 12.4. The van der Waals surface area contributed by atoms with Gasteiger partial charge in [0, 0.05) is 18.8 Å². The smallest absolute Gasteiger partial charge is 0.166 e. The highest BCUT2D eigenvalue weighted by molar-refractivity contribution is 5.56. The van der Waals surface area contributed by atoms with E-state index in [1.54, 1.807) is 0 Å². The first kappa shape index (κ1) is 13.4. The fourth-order valence-corrected chi connectivity index (χ4v) is 2.19. The van der Waals surface area contributed by atoms with Gasteiger partial charge in [-0.25, -0.2) is 19.6 Å². The van der Waals surface area contributed by atoms with E-state index < -0.39 is 0 Å². The molecule has 0 aliphatic carbocycles. The summed E-state index contributed by atoms with van der Waals surface area (Å²) in [6.07, 6.45) is 4.44. The Morgan fingerprint density at radius 1 is 1.10 bits per heavy atom. The molecule has 0 saturated carbocycles. The molecule has 3 aromatic rings. The van der Waals surface area contributed by atoms with Gasteiger partial charge in [0.1, 0.15) is 11.6 Å². The largest absolute Gasteiger partial charge is 0.241 e. The molecule has 2 heterocycles. The number of aryl methyl sites for hydroxylation is 3. The van der Waals surface area contributed by atoms with E-state index in [9.17, 15) is 0 Å². The summed E-state index contributed by atoms with van der Waals surface area (Å²) in [4.78, 5) is 13.2. The van der Waals surface area contributed by atoms with Crippen molar-refractivity contribution in [3.05, 3.63) is 53.9 Å². The van der Waals surface area contributed by atoms with Gasteiger partial charge in [0.15, 0.2) is 5.82 Å². The van der Waals surface area contributed by atoms with Gasteiger partial charge in [0.25, 0.3) is 0 Å². The van der Waals surface area contributed by atoms with E-state index in [-0.39, 0.29) is 0 Å². The van der Waals surface area contributed by atoms with Gasteiger partial charge in [-0.15, -0.1) is 0 Å². The molecule has 0 atom stereocenters. The van der Waals surface area contributed by atoms with Crippen molar-refractivity contribution >= 4 is 0 Å². The van der Waals surface area contributed by atoms with Crippen molar-refractivity contribution in [1.82, 2.24) is 24.7 Å². The molecule has 0 aliphatic heterocycles. The van der Waals surface area contributed by atoms with Crippen LogP contribution in [0.5, 0.6) is 0 Å². The molecule has 0 unspecified atom stereocenters. The maximum atomic E-state index is 4.51. The number of benzene rings is 1. The maximum Gasteiger partial charge on any atom is 0.166 e. The Balaban J connectivity index is 2.10. The van der Waals surface area contributed by atoms with Gasteiger partial charge in [-0.05, 0) is 31.5 Å². The van der Waals surface area contributed by atoms with E-state index in [0.717, 1.165) is 35.1 Å². The number of aromatic nitrogens is 5. The highest BCUT2D eigenvalue weighted by Crippen LogP contribution is 2.20. The Labute approximate surface area is 123 Å². The summed E-state index contributed by atoms with van der Waals surface area (Å²) in [5.74, 6) is 2.32. The third-order valence-corrected chi connectivity index (χ3v) is 3.24. The first-order valence-electron chi connectivity index (χ1n) is 6.99. The topological polar surface area (TPSA) is 56.5 Å². The van der Waals surface area contributed by atoms with Crippen molar-refractivity contribution in [3.63, 3.8) is 0 Å². The molecule has 0 amide bonds. The average molecular weight is 279 g/mol. The Kier molecular flexibility index (Phi) is 3.48. The molecule has 0 spiro atoms. The molecule has 5 nitrogen and oxygen atoms in total. The quantitative estimate of drug-likeness (QED) is 0.739. The molecule has 0 aliphatic rings. The highest BCUT2D eigenvalue weighted by Gasteiger charge is 2.12. The summed E-state index contributed by atoms with van der Waals surface area (Å²) in [7, 11) is 0. The average Bonchev–Trinajstić information content (AvgIpc) is 2.89. The van der Waals surface area contributed by atoms with Crippen LogP contribution >= 0.6 is 0 Å². The maximum absolute atomic E-state index is 4.51. The van der Waals surface area contributed by atoms with Crippen LogP contribution in [0, 0.1) is 13.8 Å². The van der Waals surface area contributed by atoms with E-state index in [1.165, 1.54) is 5.56 Å². The van der Waals surface area contributed by atoms with Crippen molar-refractivity contribution in [2.75, 3.05) is 0 Å². The van der Waals surface area contributed by atoms with E-state index in [0.29, 0.717) is 0 Å². The fourth-order valence-electron chi connectivity index (χ4n) is 2.19. The summed E-state index contributed by atoms with van der Waals surface area (Å²) < 4.78 is 1.84. The predicted octanol–water partition coefficient (Wildman–Crippen LogP) is 2.90. The molecule has 2 aromatic heterocycles. The van der Waals surface area contributed by atoms with Gasteiger partial charge in [-0.2, -0.15) is 5.10 Å². The van der Waals surface area contributed by atoms with Crippen LogP contribution in [0.25, 0.3) is 17.1 Å². The SMILES string of the molecule is CCc1ncc(-c2nc(C)nn2-c2cccc(C)c2)cn1. The molecule has 106 valence electrons. The van der Waals surface area contributed by atoms with Crippen molar-refractivity contribution in [2.45, 2.75) is 27.2 Å². The van der Waals surface area contributed by atoms with Gasteiger partial charge < -0.3 is 0 Å². The second kappa shape index (κ2) is 5.44. The molecule has 0 N–H and O–H groups in total. The Morgan fingerprint density at radius 3 is 2.52 bits per heavy atom. The molecule has 0 bridgehead atoms. The summed E-state index contributed by atoms with van der Waals surface area (Å²) >= 11 is 0. The monoisotopic (exact) mass is 279 g/mol.